The lowest BCUT2D eigenvalue weighted by Crippen LogP contribution is -1.94. The summed E-state index contributed by atoms with van der Waals surface area (Å²) in [6.07, 6.45) is 0.941. The Balaban J connectivity index is 1.73. The second-order valence-electron chi connectivity index (χ2n) is 5.25. The molecule has 0 fully saturated rings. The highest BCUT2D eigenvalue weighted by atomic mass is 15.2. The number of fused-ring (bicyclic) bond motifs is 3. The largest absolute Gasteiger partial charge is 0.340 e. The topological polar surface area (TPSA) is 40.7 Å². The third kappa shape index (κ3) is 1.71. The SMILES string of the molecule is Cc1ccc2c(c1)-c1n[nH]c(Nc3ccccc3)c1C2. The van der Waals surface area contributed by atoms with Gasteiger partial charge < -0.3 is 5.32 Å². The molecule has 0 saturated carbocycles. The van der Waals surface area contributed by atoms with Crippen LogP contribution in [0.25, 0.3) is 11.3 Å². The van der Waals surface area contributed by atoms with Crippen LogP contribution in [-0.2, 0) is 6.42 Å². The maximum atomic E-state index is 4.49. The van der Waals surface area contributed by atoms with Crippen molar-refractivity contribution >= 4 is 11.5 Å². The van der Waals surface area contributed by atoms with Gasteiger partial charge in [-0.3, -0.25) is 5.10 Å². The van der Waals surface area contributed by atoms with E-state index in [2.05, 4.69) is 52.8 Å². The smallest absolute Gasteiger partial charge is 0.130 e. The minimum atomic E-state index is 0.941. The number of benzene rings is 2. The third-order valence-electron chi connectivity index (χ3n) is 3.80. The van der Waals surface area contributed by atoms with Crippen LogP contribution in [0.3, 0.4) is 0 Å². The Bertz CT molecular complexity index is 772. The molecule has 0 bridgehead atoms. The molecule has 0 atom stereocenters. The van der Waals surface area contributed by atoms with Gasteiger partial charge in [0.2, 0.25) is 0 Å². The molecule has 2 aromatic carbocycles. The maximum absolute atomic E-state index is 4.49. The van der Waals surface area contributed by atoms with Gasteiger partial charge in [-0.05, 0) is 30.7 Å². The van der Waals surface area contributed by atoms with Crippen molar-refractivity contribution < 1.29 is 0 Å². The van der Waals surface area contributed by atoms with Crippen LogP contribution in [0.5, 0.6) is 0 Å². The molecular formula is C17H15N3. The first-order valence-electron chi connectivity index (χ1n) is 6.80. The Kier molecular flexibility index (Phi) is 2.39. The van der Waals surface area contributed by atoms with Crippen molar-refractivity contribution in [2.24, 2.45) is 0 Å². The quantitative estimate of drug-likeness (QED) is 0.572. The van der Waals surface area contributed by atoms with Crippen molar-refractivity contribution in [1.29, 1.82) is 0 Å². The van der Waals surface area contributed by atoms with Crippen molar-refractivity contribution in [2.75, 3.05) is 5.32 Å². The highest BCUT2D eigenvalue weighted by Gasteiger charge is 2.24. The minimum Gasteiger partial charge on any atom is -0.340 e. The Morgan fingerprint density at radius 1 is 1.10 bits per heavy atom. The Morgan fingerprint density at radius 3 is 2.80 bits per heavy atom. The molecule has 0 spiro atoms. The van der Waals surface area contributed by atoms with Gasteiger partial charge in [-0.25, -0.2) is 0 Å². The van der Waals surface area contributed by atoms with E-state index in [-0.39, 0.29) is 0 Å². The highest BCUT2D eigenvalue weighted by Crippen LogP contribution is 2.39. The van der Waals surface area contributed by atoms with Crippen LogP contribution >= 0.6 is 0 Å². The van der Waals surface area contributed by atoms with E-state index in [0.29, 0.717) is 0 Å². The number of hydrogen-bond donors (Lipinski definition) is 2. The standard InChI is InChI=1S/C17H15N3/c1-11-7-8-12-10-15-16(14(12)9-11)19-20-17(15)18-13-5-3-2-4-6-13/h2-9H,10H2,1H3,(H2,18,19,20). The summed E-state index contributed by atoms with van der Waals surface area (Å²) in [7, 11) is 0. The average Bonchev–Trinajstić information content (AvgIpc) is 3.00. The first-order valence-corrected chi connectivity index (χ1v) is 6.80. The predicted molar refractivity (Wildman–Crippen MR) is 81.3 cm³/mol. The van der Waals surface area contributed by atoms with Gasteiger partial charge in [0, 0.05) is 23.2 Å². The van der Waals surface area contributed by atoms with Crippen LogP contribution in [0, 0.1) is 6.92 Å². The van der Waals surface area contributed by atoms with Crippen molar-refractivity contribution in [3.63, 3.8) is 0 Å². The zero-order valence-electron chi connectivity index (χ0n) is 11.3. The summed E-state index contributed by atoms with van der Waals surface area (Å²) >= 11 is 0. The van der Waals surface area contributed by atoms with E-state index in [4.69, 9.17) is 0 Å². The van der Waals surface area contributed by atoms with Gasteiger partial charge in [0.25, 0.3) is 0 Å². The third-order valence-corrected chi connectivity index (χ3v) is 3.80. The molecule has 1 aliphatic carbocycles. The molecule has 0 unspecified atom stereocenters. The molecule has 3 nitrogen and oxygen atoms in total. The number of aromatic nitrogens is 2. The zero-order valence-corrected chi connectivity index (χ0v) is 11.3. The van der Waals surface area contributed by atoms with E-state index in [0.717, 1.165) is 23.6 Å². The molecule has 3 heteroatoms. The normalized spacial score (nSPS) is 12.1. The van der Waals surface area contributed by atoms with Gasteiger partial charge in [0.15, 0.2) is 0 Å². The van der Waals surface area contributed by atoms with E-state index in [1.807, 2.05) is 18.2 Å². The van der Waals surface area contributed by atoms with Crippen molar-refractivity contribution in [1.82, 2.24) is 10.2 Å². The number of rotatable bonds is 2. The molecule has 0 radical (unpaired) electrons. The number of nitrogens with zero attached hydrogens (tertiary/aromatic N) is 1. The molecule has 0 amide bonds. The summed E-state index contributed by atoms with van der Waals surface area (Å²) < 4.78 is 0. The summed E-state index contributed by atoms with van der Waals surface area (Å²) in [4.78, 5) is 0. The van der Waals surface area contributed by atoms with Crippen molar-refractivity contribution in [2.45, 2.75) is 13.3 Å². The first kappa shape index (κ1) is 11.3. The molecule has 98 valence electrons. The number of aryl methyl sites for hydroxylation is 1. The molecule has 0 saturated heterocycles. The maximum Gasteiger partial charge on any atom is 0.130 e. The number of hydrogen-bond acceptors (Lipinski definition) is 2. The summed E-state index contributed by atoms with van der Waals surface area (Å²) in [5.41, 5.74) is 7.32. The second-order valence-corrected chi connectivity index (χ2v) is 5.25. The molecular weight excluding hydrogens is 246 g/mol. The van der Waals surface area contributed by atoms with Gasteiger partial charge >= 0.3 is 0 Å². The van der Waals surface area contributed by atoms with Crippen LogP contribution in [-0.4, -0.2) is 10.2 Å². The fourth-order valence-corrected chi connectivity index (χ4v) is 2.78. The van der Waals surface area contributed by atoms with E-state index >= 15 is 0 Å². The first-order chi connectivity index (χ1) is 9.81. The predicted octanol–water partition coefficient (Wildman–Crippen LogP) is 4.03. The lowest BCUT2D eigenvalue weighted by Gasteiger charge is -2.05. The molecule has 1 aromatic heterocycles. The highest BCUT2D eigenvalue weighted by molar-refractivity contribution is 5.80. The van der Waals surface area contributed by atoms with E-state index in [9.17, 15) is 0 Å². The summed E-state index contributed by atoms with van der Waals surface area (Å²) in [5.74, 6) is 1.00. The van der Waals surface area contributed by atoms with Crippen LogP contribution in [0.15, 0.2) is 48.5 Å². The molecule has 2 N–H and O–H groups in total. The van der Waals surface area contributed by atoms with Crippen LogP contribution in [0.4, 0.5) is 11.5 Å². The van der Waals surface area contributed by atoms with Gasteiger partial charge in [-0.15, -0.1) is 0 Å². The van der Waals surface area contributed by atoms with Crippen LogP contribution in [0.2, 0.25) is 0 Å². The minimum absolute atomic E-state index is 0.941. The van der Waals surface area contributed by atoms with Crippen LogP contribution in [0.1, 0.15) is 16.7 Å². The monoisotopic (exact) mass is 261 g/mol. The number of H-pyrrole nitrogens is 1. The summed E-state index contributed by atoms with van der Waals surface area (Å²) in [5, 5.41) is 11.0. The molecule has 20 heavy (non-hydrogen) atoms. The Labute approximate surface area is 117 Å². The lowest BCUT2D eigenvalue weighted by atomic mass is 10.1. The molecule has 1 heterocycles. The molecule has 1 aliphatic rings. The molecule has 3 aromatic rings. The lowest BCUT2D eigenvalue weighted by molar-refractivity contribution is 1.09. The fourth-order valence-electron chi connectivity index (χ4n) is 2.78. The molecule has 4 rings (SSSR count). The number of anilines is 2. The summed E-state index contributed by atoms with van der Waals surface area (Å²) in [6.45, 7) is 2.12. The van der Waals surface area contributed by atoms with E-state index in [1.165, 1.54) is 22.3 Å². The second kappa shape index (κ2) is 4.23. The zero-order chi connectivity index (χ0) is 13.5. The van der Waals surface area contributed by atoms with Gasteiger partial charge in [0.1, 0.15) is 5.82 Å². The average molecular weight is 261 g/mol. The number of aromatic amines is 1. The van der Waals surface area contributed by atoms with E-state index in [1.54, 1.807) is 0 Å². The van der Waals surface area contributed by atoms with Gasteiger partial charge in [0.05, 0.1) is 5.69 Å². The summed E-state index contributed by atoms with van der Waals surface area (Å²) in [6, 6.07) is 16.8. The number of para-hydroxylation sites is 1. The van der Waals surface area contributed by atoms with Crippen molar-refractivity contribution in [3.05, 3.63) is 65.2 Å². The van der Waals surface area contributed by atoms with Gasteiger partial charge in [-0.2, -0.15) is 5.10 Å². The Hall–Kier alpha value is -2.55. The van der Waals surface area contributed by atoms with Crippen LogP contribution < -0.4 is 5.32 Å². The Morgan fingerprint density at radius 2 is 1.95 bits per heavy atom. The molecule has 0 aliphatic heterocycles. The van der Waals surface area contributed by atoms with Gasteiger partial charge in [-0.1, -0.05) is 35.9 Å². The fraction of sp³-hybridized carbons (Fsp3) is 0.118. The van der Waals surface area contributed by atoms with E-state index < -0.39 is 0 Å². The van der Waals surface area contributed by atoms with Crippen molar-refractivity contribution in [3.8, 4) is 11.3 Å². The number of nitrogens with one attached hydrogen (secondary N) is 2.